The Bertz CT molecular complexity index is 846. The van der Waals surface area contributed by atoms with Gasteiger partial charge in [0.25, 0.3) is 0 Å². The first-order chi connectivity index (χ1) is 11.2. The first-order valence-electron chi connectivity index (χ1n) is 7.10. The third-order valence-corrected chi connectivity index (χ3v) is 3.50. The van der Waals surface area contributed by atoms with Gasteiger partial charge in [-0.2, -0.15) is 5.11 Å². The molecule has 0 N–H and O–H groups in total. The number of carbonyl (C=O) groups is 1. The quantitative estimate of drug-likeness (QED) is 0.430. The molecule has 0 aliphatic rings. The minimum absolute atomic E-state index is 0.130. The van der Waals surface area contributed by atoms with Gasteiger partial charge < -0.3 is 0 Å². The van der Waals surface area contributed by atoms with E-state index in [0.717, 1.165) is 5.69 Å². The van der Waals surface area contributed by atoms with Gasteiger partial charge in [0.2, 0.25) is 0 Å². The van der Waals surface area contributed by atoms with Crippen LogP contribution in [0.2, 0.25) is 5.02 Å². The molecule has 3 aromatic carbocycles. The number of carbonyl (C=O) groups excluding carboxylic acids is 1. The summed E-state index contributed by atoms with van der Waals surface area (Å²) in [5, 5.41) is 8.87. The molecule has 4 heteroatoms. The molecule has 0 amide bonds. The molecule has 23 heavy (non-hydrogen) atoms. The van der Waals surface area contributed by atoms with Gasteiger partial charge >= 0.3 is 0 Å². The molecule has 0 aliphatic heterocycles. The van der Waals surface area contributed by atoms with E-state index < -0.39 is 0 Å². The zero-order chi connectivity index (χ0) is 16.1. The molecule has 112 valence electrons. The van der Waals surface area contributed by atoms with Crippen molar-refractivity contribution in [3.63, 3.8) is 0 Å². The van der Waals surface area contributed by atoms with Crippen LogP contribution in [0.3, 0.4) is 0 Å². The van der Waals surface area contributed by atoms with E-state index in [1.54, 1.807) is 30.3 Å². The van der Waals surface area contributed by atoms with E-state index in [-0.39, 0.29) is 5.78 Å². The average molecular weight is 321 g/mol. The molecule has 0 unspecified atom stereocenters. The summed E-state index contributed by atoms with van der Waals surface area (Å²) in [7, 11) is 0. The number of nitrogens with zero attached hydrogens (tertiary/aromatic N) is 2. The van der Waals surface area contributed by atoms with Crippen LogP contribution in [0, 0.1) is 0 Å². The molecule has 3 nitrogen and oxygen atoms in total. The van der Waals surface area contributed by atoms with E-state index in [2.05, 4.69) is 10.2 Å². The molecule has 3 aromatic rings. The van der Waals surface area contributed by atoms with E-state index in [4.69, 9.17) is 11.6 Å². The van der Waals surface area contributed by atoms with Crippen molar-refractivity contribution in [2.75, 3.05) is 0 Å². The summed E-state index contributed by atoms with van der Waals surface area (Å²) < 4.78 is 0. The lowest BCUT2D eigenvalue weighted by molar-refractivity contribution is 0.103. The highest BCUT2D eigenvalue weighted by molar-refractivity contribution is 6.31. The van der Waals surface area contributed by atoms with E-state index in [9.17, 15) is 4.79 Å². The number of azo groups is 1. The summed E-state index contributed by atoms with van der Waals surface area (Å²) in [6, 6.07) is 23.4. The third-order valence-electron chi connectivity index (χ3n) is 3.27. The number of hydrogen-bond acceptors (Lipinski definition) is 3. The summed E-state index contributed by atoms with van der Waals surface area (Å²) in [6.45, 7) is 0. The van der Waals surface area contributed by atoms with Gasteiger partial charge in [-0.05, 0) is 30.3 Å². The molecular weight excluding hydrogens is 308 g/mol. The molecule has 0 spiro atoms. The number of benzene rings is 3. The van der Waals surface area contributed by atoms with Gasteiger partial charge in [0.15, 0.2) is 5.78 Å². The number of halogens is 1. The summed E-state index contributed by atoms with van der Waals surface area (Å²) in [5.74, 6) is -0.130. The highest BCUT2D eigenvalue weighted by Crippen LogP contribution is 2.27. The van der Waals surface area contributed by atoms with Crippen molar-refractivity contribution in [2.45, 2.75) is 0 Å². The number of rotatable bonds is 4. The van der Waals surface area contributed by atoms with E-state index >= 15 is 0 Å². The van der Waals surface area contributed by atoms with Crippen LogP contribution in [0.15, 0.2) is 89.1 Å². The third kappa shape index (κ3) is 3.71. The second-order valence-corrected chi connectivity index (χ2v) is 5.33. The van der Waals surface area contributed by atoms with E-state index in [1.807, 2.05) is 48.5 Å². The maximum Gasteiger partial charge on any atom is 0.195 e. The summed E-state index contributed by atoms with van der Waals surface area (Å²) >= 11 is 6.04. The van der Waals surface area contributed by atoms with Crippen molar-refractivity contribution >= 4 is 28.8 Å². The predicted molar refractivity (Wildman–Crippen MR) is 91.9 cm³/mol. The van der Waals surface area contributed by atoms with Crippen LogP contribution in [0.1, 0.15) is 15.9 Å². The smallest absolute Gasteiger partial charge is 0.195 e. The Kier molecular flexibility index (Phi) is 4.60. The van der Waals surface area contributed by atoms with Crippen LogP contribution in [0.25, 0.3) is 0 Å². The Morgan fingerprint density at radius 3 is 2.13 bits per heavy atom. The molecule has 0 aliphatic carbocycles. The predicted octanol–water partition coefficient (Wildman–Crippen LogP) is 5.99. The highest BCUT2D eigenvalue weighted by Gasteiger charge is 2.14. The standard InChI is InChI=1S/C19H13ClN2O/c20-15-11-12-18(22-21-16-9-5-2-6-10-16)17(13-15)19(23)14-7-3-1-4-8-14/h1-13H. The molecule has 0 radical (unpaired) electrons. The van der Waals surface area contributed by atoms with Gasteiger partial charge in [-0.3, -0.25) is 4.79 Å². The second-order valence-electron chi connectivity index (χ2n) is 4.89. The normalized spacial score (nSPS) is 10.8. The van der Waals surface area contributed by atoms with Crippen molar-refractivity contribution < 1.29 is 4.79 Å². The van der Waals surface area contributed by atoms with Gasteiger partial charge in [-0.1, -0.05) is 60.1 Å². The topological polar surface area (TPSA) is 41.8 Å². The fourth-order valence-electron chi connectivity index (χ4n) is 2.13. The molecule has 0 saturated carbocycles. The number of hydrogen-bond donors (Lipinski definition) is 0. The maximum atomic E-state index is 12.7. The zero-order valence-corrected chi connectivity index (χ0v) is 12.9. The maximum absolute atomic E-state index is 12.7. The minimum Gasteiger partial charge on any atom is -0.289 e. The largest absolute Gasteiger partial charge is 0.289 e. The van der Waals surface area contributed by atoms with Crippen molar-refractivity contribution in [1.82, 2.24) is 0 Å². The minimum atomic E-state index is -0.130. The molecule has 0 fully saturated rings. The SMILES string of the molecule is O=C(c1ccccc1)c1cc(Cl)ccc1N=Nc1ccccc1. The van der Waals surface area contributed by atoms with Crippen molar-refractivity contribution in [1.29, 1.82) is 0 Å². The summed E-state index contributed by atoms with van der Waals surface area (Å²) in [4.78, 5) is 12.7. The molecule has 3 rings (SSSR count). The van der Waals surface area contributed by atoms with Crippen molar-refractivity contribution in [3.05, 3.63) is 95.0 Å². The molecule has 0 atom stereocenters. The Hall–Kier alpha value is -2.78. The Morgan fingerprint density at radius 1 is 0.783 bits per heavy atom. The average Bonchev–Trinajstić information content (AvgIpc) is 2.61. The van der Waals surface area contributed by atoms with Crippen LogP contribution < -0.4 is 0 Å². The highest BCUT2D eigenvalue weighted by atomic mass is 35.5. The van der Waals surface area contributed by atoms with Gasteiger partial charge in [-0.25, -0.2) is 0 Å². The monoisotopic (exact) mass is 320 g/mol. The van der Waals surface area contributed by atoms with Crippen LogP contribution in [-0.2, 0) is 0 Å². The number of ketones is 1. The first kappa shape index (κ1) is 15.1. The Balaban J connectivity index is 1.99. The van der Waals surface area contributed by atoms with E-state index in [0.29, 0.717) is 21.8 Å². The van der Waals surface area contributed by atoms with Crippen LogP contribution in [0.4, 0.5) is 11.4 Å². The van der Waals surface area contributed by atoms with E-state index in [1.165, 1.54) is 0 Å². The Labute approximate surface area is 139 Å². The molecule has 0 saturated heterocycles. The Morgan fingerprint density at radius 2 is 1.43 bits per heavy atom. The lowest BCUT2D eigenvalue weighted by Gasteiger charge is -2.05. The molecule has 0 aromatic heterocycles. The fourth-order valence-corrected chi connectivity index (χ4v) is 2.30. The van der Waals surface area contributed by atoms with Gasteiger partial charge in [-0.15, -0.1) is 5.11 Å². The van der Waals surface area contributed by atoms with Gasteiger partial charge in [0, 0.05) is 10.6 Å². The van der Waals surface area contributed by atoms with Crippen molar-refractivity contribution in [3.8, 4) is 0 Å². The summed E-state index contributed by atoms with van der Waals surface area (Å²) in [5.41, 5.74) is 2.24. The lowest BCUT2D eigenvalue weighted by Crippen LogP contribution is -2.01. The van der Waals surface area contributed by atoms with Crippen LogP contribution in [-0.4, -0.2) is 5.78 Å². The van der Waals surface area contributed by atoms with Gasteiger partial charge in [0.1, 0.15) is 0 Å². The van der Waals surface area contributed by atoms with Gasteiger partial charge in [0.05, 0.1) is 16.9 Å². The fraction of sp³-hybridized carbons (Fsp3) is 0. The lowest BCUT2D eigenvalue weighted by atomic mass is 10.0. The molecule has 0 bridgehead atoms. The zero-order valence-electron chi connectivity index (χ0n) is 12.2. The second kappa shape index (κ2) is 6.99. The first-order valence-corrected chi connectivity index (χ1v) is 7.48. The molecular formula is C19H13ClN2O. The van der Waals surface area contributed by atoms with Crippen molar-refractivity contribution in [2.24, 2.45) is 10.2 Å². The van der Waals surface area contributed by atoms with Crippen LogP contribution >= 0.6 is 11.6 Å². The molecule has 0 heterocycles. The van der Waals surface area contributed by atoms with Crippen LogP contribution in [0.5, 0.6) is 0 Å². The summed E-state index contributed by atoms with van der Waals surface area (Å²) in [6.07, 6.45) is 0.